The van der Waals surface area contributed by atoms with Gasteiger partial charge in [0.25, 0.3) is 5.91 Å². The van der Waals surface area contributed by atoms with Gasteiger partial charge in [0.05, 0.1) is 5.56 Å². The molecule has 0 aromatic heterocycles. The lowest BCUT2D eigenvalue weighted by Crippen LogP contribution is -2.58. The summed E-state index contributed by atoms with van der Waals surface area (Å²) in [6, 6.07) is 4.69. The van der Waals surface area contributed by atoms with E-state index in [1.165, 1.54) is 6.07 Å². The minimum atomic E-state index is -2.51. The van der Waals surface area contributed by atoms with Crippen LogP contribution >= 0.6 is 0 Å². The van der Waals surface area contributed by atoms with Crippen molar-refractivity contribution in [3.8, 4) is 5.75 Å². The zero-order valence-corrected chi connectivity index (χ0v) is 14.1. The highest BCUT2D eigenvalue weighted by Crippen LogP contribution is 2.51. The van der Waals surface area contributed by atoms with Crippen molar-refractivity contribution in [2.75, 3.05) is 0 Å². The van der Waals surface area contributed by atoms with Crippen LogP contribution in [0.3, 0.4) is 0 Å². The molecule has 1 aromatic carbocycles. The smallest absolute Gasteiger partial charge is 0.255 e. The first-order valence-corrected chi connectivity index (χ1v) is 8.46. The molecule has 0 spiro atoms. The summed E-state index contributed by atoms with van der Waals surface area (Å²) < 4.78 is 0. The van der Waals surface area contributed by atoms with Crippen molar-refractivity contribution in [1.29, 1.82) is 0 Å². The molecule has 3 aliphatic rings. The third-order valence-corrected chi connectivity index (χ3v) is 5.80. The fourth-order valence-electron chi connectivity index (χ4n) is 4.56. The van der Waals surface area contributed by atoms with E-state index >= 15 is 0 Å². The van der Waals surface area contributed by atoms with Crippen molar-refractivity contribution in [3.05, 3.63) is 46.2 Å². The number of fused-ring (bicyclic) bond motifs is 3. The monoisotopic (exact) mass is 371 g/mol. The van der Waals surface area contributed by atoms with Gasteiger partial charge < -0.3 is 26.2 Å². The van der Waals surface area contributed by atoms with Gasteiger partial charge in [-0.15, -0.1) is 0 Å². The maximum atomic E-state index is 13.1. The first-order valence-electron chi connectivity index (χ1n) is 8.46. The van der Waals surface area contributed by atoms with Gasteiger partial charge in [0.2, 0.25) is 5.78 Å². The lowest BCUT2D eigenvalue weighted by molar-refractivity contribution is -0.147. The predicted octanol–water partition coefficient (Wildman–Crippen LogP) is 0.424. The van der Waals surface area contributed by atoms with Gasteiger partial charge in [-0.3, -0.25) is 14.4 Å². The molecule has 0 aliphatic heterocycles. The van der Waals surface area contributed by atoms with Crippen molar-refractivity contribution in [3.63, 3.8) is 0 Å². The number of Topliss-reactive ketones (excluding diaryl/α,β-unsaturated/α-hetero) is 2. The number of hydrogen-bond acceptors (Lipinski definition) is 7. The van der Waals surface area contributed by atoms with Crippen LogP contribution in [0.1, 0.15) is 24.0 Å². The average Bonchev–Trinajstić information content (AvgIpc) is 2.57. The molecular weight excluding hydrogens is 354 g/mol. The molecule has 0 unspecified atom stereocenters. The molecule has 140 valence electrons. The van der Waals surface area contributed by atoms with E-state index in [4.69, 9.17) is 5.73 Å². The van der Waals surface area contributed by atoms with Gasteiger partial charge in [-0.05, 0) is 30.4 Å². The summed E-state index contributed by atoms with van der Waals surface area (Å²) >= 11 is 0. The zero-order chi connectivity index (χ0) is 19.7. The fourth-order valence-corrected chi connectivity index (χ4v) is 4.56. The topological polar surface area (TPSA) is 158 Å². The number of benzene rings is 1. The number of carbonyl (C=O) groups excluding carboxylic acids is 3. The van der Waals surface area contributed by atoms with E-state index < -0.39 is 52.0 Å². The maximum Gasteiger partial charge on any atom is 0.255 e. The summed E-state index contributed by atoms with van der Waals surface area (Å²) in [5.74, 6) is -6.14. The normalized spacial score (nSPS) is 30.0. The highest BCUT2D eigenvalue weighted by molar-refractivity contribution is 6.22. The van der Waals surface area contributed by atoms with Gasteiger partial charge in [-0.2, -0.15) is 0 Å². The van der Waals surface area contributed by atoms with Gasteiger partial charge >= 0.3 is 0 Å². The summed E-state index contributed by atoms with van der Waals surface area (Å²) in [4.78, 5) is 36.8. The van der Waals surface area contributed by atoms with Crippen LogP contribution in [0.25, 0.3) is 5.76 Å². The summed E-state index contributed by atoms with van der Waals surface area (Å²) in [5.41, 5.74) is 2.42. The molecule has 1 saturated carbocycles. The molecule has 8 heteroatoms. The van der Waals surface area contributed by atoms with E-state index in [1.54, 1.807) is 12.1 Å². The van der Waals surface area contributed by atoms with E-state index in [0.29, 0.717) is 12.0 Å². The van der Waals surface area contributed by atoms with E-state index in [1.807, 2.05) is 0 Å². The van der Waals surface area contributed by atoms with Crippen molar-refractivity contribution in [1.82, 2.24) is 0 Å². The van der Waals surface area contributed by atoms with Crippen LogP contribution in [-0.2, 0) is 20.8 Å². The molecule has 3 aliphatic carbocycles. The standard InChI is InChI=1S/C19H17NO7/c20-18(26)14-11(22)6-9-5-8-4-7-2-1-3-10(21)12(7)15(23)13(8)16(24)19(9,27)17(14)25/h1-3,8-9,21,23,25,27H,4-6H2,(H2,20,26)/t8-,9+,19-/m0/s1. The summed E-state index contributed by atoms with van der Waals surface area (Å²) in [7, 11) is 0. The maximum absolute atomic E-state index is 13.1. The highest BCUT2D eigenvalue weighted by Gasteiger charge is 2.60. The molecule has 3 atom stereocenters. The minimum absolute atomic E-state index is 0.102. The first-order chi connectivity index (χ1) is 12.7. The van der Waals surface area contributed by atoms with Crippen LogP contribution in [0.15, 0.2) is 35.1 Å². The van der Waals surface area contributed by atoms with Crippen LogP contribution in [0, 0.1) is 11.8 Å². The van der Waals surface area contributed by atoms with Crippen molar-refractivity contribution in [2.45, 2.75) is 24.9 Å². The molecule has 1 fully saturated rings. The Kier molecular flexibility index (Phi) is 3.48. The molecule has 0 saturated heterocycles. The number of aliphatic hydroxyl groups excluding tert-OH is 2. The first kappa shape index (κ1) is 17.3. The Balaban J connectivity index is 1.93. The van der Waals surface area contributed by atoms with Crippen LogP contribution in [-0.4, -0.2) is 43.5 Å². The summed E-state index contributed by atoms with van der Waals surface area (Å²) in [5, 5.41) is 42.1. The van der Waals surface area contributed by atoms with Crippen LogP contribution in [0.4, 0.5) is 0 Å². The number of aliphatic hydroxyl groups is 3. The number of hydrogen-bond donors (Lipinski definition) is 5. The number of primary amides is 1. The molecule has 27 heavy (non-hydrogen) atoms. The molecule has 0 radical (unpaired) electrons. The van der Waals surface area contributed by atoms with Gasteiger partial charge in [-0.1, -0.05) is 12.1 Å². The molecule has 0 bridgehead atoms. The van der Waals surface area contributed by atoms with E-state index in [2.05, 4.69) is 0 Å². The van der Waals surface area contributed by atoms with Gasteiger partial charge in [-0.25, -0.2) is 0 Å². The lowest BCUT2D eigenvalue weighted by atomic mass is 9.59. The Morgan fingerprint density at radius 1 is 1.15 bits per heavy atom. The molecule has 8 nitrogen and oxygen atoms in total. The Hall–Kier alpha value is -3.13. The number of phenols is 1. The van der Waals surface area contributed by atoms with Crippen molar-refractivity contribution < 1.29 is 34.8 Å². The van der Waals surface area contributed by atoms with Crippen LogP contribution < -0.4 is 5.73 Å². The average molecular weight is 371 g/mol. The molecule has 0 heterocycles. The summed E-state index contributed by atoms with van der Waals surface area (Å²) in [6.07, 6.45) is 0.142. The Bertz CT molecular complexity index is 990. The summed E-state index contributed by atoms with van der Waals surface area (Å²) in [6.45, 7) is 0. The zero-order valence-electron chi connectivity index (χ0n) is 14.1. The number of nitrogens with two attached hydrogens (primary N) is 1. The van der Waals surface area contributed by atoms with Crippen molar-refractivity contribution in [2.24, 2.45) is 17.6 Å². The number of aromatic hydroxyl groups is 1. The molecule has 4 rings (SSSR count). The molecule has 1 amide bonds. The van der Waals surface area contributed by atoms with Gasteiger partial charge in [0.15, 0.2) is 11.4 Å². The fraction of sp³-hybridized carbons (Fsp3) is 0.316. The highest BCUT2D eigenvalue weighted by atomic mass is 16.3. The van der Waals surface area contributed by atoms with Gasteiger partial charge in [0, 0.05) is 17.9 Å². The SMILES string of the molecule is NC(=O)C1=C(O)[C@@]2(O)C(=O)C3=C(O)c4c(O)cccc4C[C@H]3C[C@@H]2CC1=O. The minimum Gasteiger partial charge on any atom is -0.508 e. The Labute approximate surface area is 153 Å². The van der Waals surface area contributed by atoms with E-state index in [9.17, 15) is 34.8 Å². The Morgan fingerprint density at radius 2 is 1.85 bits per heavy atom. The number of phenolic OH excluding ortho intramolecular Hbond substituents is 1. The molecular formula is C19H17NO7. The van der Waals surface area contributed by atoms with Crippen molar-refractivity contribution >= 4 is 23.2 Å². The van der Waals surface area contributed by atoms with Crippen LogP contribution in [0.5, 0.6) is 5.75 Å². The van der Waals surface area contributed by atoms with E-state index in [0.717, 1.165) is 0 Å². The molecule has 1 aromatic rings. The number of ketones is 2. The number of rotatable bonds is 1. The number of carbonyl (C=O) groups is 3. The third kappa shape index (κ3) is 2.10. The Morgan fingerprint density at radius 3 is 2.52 bits per heavy atom. The second-order valence-corrected chi connectivity index (χ2v) is 7.22. The predicted molar refractivity (Wildman–Crippen MR) is 91.4 cm³/mol. The quantitative estimate of drug-likeness (QED) is 0.448. The second-order valence-electron chi connectivity index (χ2n) is 7.22. The van der Waals surface area contributed by atoms with Gasteiger partial charge in [0.1, 0.15) is 22.8 Å². The third-order valence-electron chi connectivity index (χ3n) is 5.80. The molecule has 6 N–H and O–H groups in total. The number of amides is 1. The van der Waals surface area contributed by atoms with Crippen LogP contribution in [0.2, 0.25) is 0 Å². The van der Waals surface area contributed by atoms with E-state index in [-0.39, 0.29) is 29.7 Å². The second kappa shape index (κ2) is 5.43. The largest absolute Gasteiger partial charge is 0.508 e. The lowest BCUT2D eigenvalue weighted by Gasteiger charge is -2.46.